The van der Waals surface area contributed by atoms with Gasteiger partial charge in [0.05, 0.1) is 5.52 Å². The van der Waals surface area contributed by atoms with E-state index in [2.05, 4.69) is 15.6 Å². The lowest BCUT2D eigenvalue weighted by molar-refractivity contribution is -0.122. The van der Waals surface area contributed by atoms with Crippen molar-refractivity contribution in [3.05, 3.63) is 40.2 Å². The third kappa shape index (κ3) is 2.72. The zero-order valence-electron chi connectivity index (χ0n) is 12.2. The maximum absolute atomic E-state index is 12.1. The molecule has 6 nitrogen and oxygen atoms in total. The fourth-order valence-electron chi connectivity index (χ4n) is 2.74. The summed E-state index contributed by atoms with van der Waals surface area (Å²) in [6.07, 6.45) is 1.65. The van der Waals surface area contributed by atoms with Crippen LogP contribution in [0, 0.1) is 0 Å². The van der Waals surface area contributed by atoms with Crippen LogP contribution in [0.5, 0.6) is 0 Å². The number of amides is 2. The number of nitrogens with one attached hydrogen (secondary N) is 3. The molecule has 1 atom stereocenters. The number of anilines is 1. The van der Waals surface area contributed by atoms with Crippen molar-refractivity contribution in [3.8, 4) is 0 Å². The molecule has 1 fully saturated rings. The van der Waals surface area contributed by atoms with Crippen LogP contribution in [-0.2, 0) is 16.0 Å². The van der Waals surface area contributed by atoms with Gasteiger partial charge in [0.2, 0.25) is 17.4 Å². The molecule has 1 aliphatic heterocycles. The molecule has 114 valence electrons. The summed E-state index contributed by atoms with van der Waals surface area (Å²) in [7, 11) is 0. The smallest absolute Gasteiger partial charge is 0.248 e. The van der Waals surface area contributed by atoms with Crippen molar-refractivity contribution >= 4 is 28.4 Å². The van der Waals surface area contributed by atoms with E-state index in [-0.39, 0.29) is 17.4 Å². The van der Waals surface area contributed by atoms with Gasteiger partial charge in [0.1, 0.15) is 6.04 Å². The van der Waals surface area contributed by atoms with Gasteiger partial charge in [0, 0.05) is 23.6 Å². The van der Waals surface area contributed by atoms with Gasteiger partial charge in [-0.25, -0.2) is 0 Å². The predicted octanol–water partition coefficient (Wildman–Crippen LogP) is 1.31. The minimum atomic E-state index is -0.482. The van der Waals surface area contributed by atoms with Crippen LogP contribution in [-0.4, -0.2) is 22.8 Å². The van der Waals surface area contributed by atoms with Gasteiger partial charge in [-0.1, -0.05) is 13.0 Å². The molecule has 1 aromatic heterocycles. The van der Waals surface area contributed by atoms with Crippen molar-refractivity contribution in [2.45, 2.75) is 32.2 Å². The van der Waals surface area contributed by atoms with Gasteiger partial charge >= 0.3 is 0 Å². The normalized spacial score (nSPS) is 17.5. The number of hydrogen-bond acceptors (Lipinski definition) is 3. The zero-order chi connectivity index (χ0) is 15.7. The topological polar surface area (TPSA) is 91.1 Å². The molecule has 2 amide bonds. The number of carbonyl (C=O) groups excluding carboxylic acids is 2. The monoisotopic (exact) mass is 299 g/mol. The number of aromatic amines is 1. The van der Waals surface area contributed by atoms with E-state index >= 15 is 0 Å². The number of hydrogen-bond donors (Lipinski definition) is 3. The number of rotatable bonds is 3. The first-order valence-corrected chi connectivity index (χ1v) is 7.33. The van der Waals surface area contributed by atoms with E-state index in [0.717, 1.165) is 17.4 Å². The molecule has 0 spiro atoms. The average molecular weight is 299 g/mol. The molecule has 0 bridgehead atoms. The minimum Gasteiger partial charge on any atom is -0.344 e. The van der Waals surface area contributed by atoms with Crippen LogP contribution < -0.4 is 16.2 Å². The van der Waals surface area contributed by atoms with E-state index < -0.39 is 6.04 Å². The number of benzene rings is 1. The maximum atomic E-state index is 12.1. The lowest BCUT2D eigenvalue weighted by atomic mass is 10.1. The van der Waals surface area contributed by atoms with Gasteiger partial charge in [-0.2, -0.15) is 0 Å². The van der Waals surface area contributed by atoms with Gasteiger partial charge in [-0.05, 0) is 30.5 Å². The molecule has 3 N–H and O–H groups in total. The Morgan fingerprint density at radius 3 is 2.82 bits per heavy atom. The van der Waals surface area contributed by atoms with Gasteiger partial charge in [-0.3, -0.25) is 14.4 Å². The summed E-state index contributed by atoms with van der Waals surface area (Å²) in [4.78, 5) is 37.7. The van der Waals surface area contributed by atoms with Crippen molar-refractivity contribution in [1.29, 1.82) is 0 Å². The highest BCUT2D eigenvalue weighted by Crippen LogP contribution is 2.20. The van der Waals surface area contributed by atoms with Crippen LogP contribution in [0.15, 0.2) is 29.1 Å². The number of aryl methyl sites for hydroxylation is 1. The third-order valence-corrected chi connectivity index (χ3v) is 3.89. The Morgan fingerprint density at radius 2 is 2.14 bits per heavy atom. The molecule has 1 saturated heterocycles. The summed E-state index contributed by atoms with van der Waals surface area (Å²) >= 11 is 0. The van der Waals surface area contributed by atoms with Crippen molar-refractivity contribution in [2.24, 2.45) is 0 Å². The van der Waals surface area contributed by atoms with Gasteiger partial charge in [0.25, 0.3) is 0 Å². The Morgan fingerprint density at radius 1 is 1.32 bits per heavy atom. The van der Waals surface area contributed by atoms with Crippen molar-refractivity contribution in [1.82, 2.24) is 10.3 Å². The Kier molecular flexibility index (Phi) is 3.66. The first kappa shape index (κ1) is 14.3. The number of H-pyrrole nitrogens is 1. The minimum absolute atomic E-state index is 0.101. The molecule has 3 rings (SSSR count). The molecule has 1 aliphatic rings. The summed E-state index contributed by atoms with van der Waals surface area (Å²) in [6.45, 7) is 1.99. The van der Waals surface area contributed by atoms with Crippen molar-refractivity contribution in [3.63, 3.8) is 0 Å². The fourth-order valence-corrected chi connectivity index (χ4v) is 2.74. The Hall–Kier alpha value is -2.63. The molecule has 6 heteroatoms. The summed E-state index contributed by atoms with van der Waals surface area (Å²) in [6, 6.07) is 6.53. The lowest BCUT2D eigenvalue weighted by Crippen LogP contribution is -2.37. The standard InChI is InChI=1S/C16H17N3O3/c1-2-9-7-15(21)19-13-8-10(3-4-11(9)13)17-16(22)12-5-6-14(20)18-12/h3-4,7-8,12H,2,5-6H2,1H3,(H,17,22)(H,18,20)(H,19,21). The van der Waals surface area contributed by atoms with Crippen LogP contribution in [0.4, 0.5) is 5.69 Å². The second-order valence-corrected chi connectivity index (χ2v) is 5.42. The molecular formula is C16H17N3O3. The SMILES string of the molecule is CCc1cc(=O)[nH]c2cc(NC(=O)C3CCC(=O)N3)ccc12. The second-order valence-electron chi connectivity index (χ2n) is 5.42. The number of aromatic nitrogens is 1. The molecular weight excluding hydrogens is 282 g/mol. The molecule has 0 radical (unpaired) electrons. The van der Waals surface area contributed by atoms with Crippen LogP contribution in [0.3, 0.4) is 0 Å². The van der Waals surface area contributed by atoms with Crippen LogP contribution in [0.25, 0.3) is 10.9 Å². The molecule has 2 heterocycles. The van der Waals surface area contributed by atoms with E-state index in [1.165, 1.54) is 0 Å². The fraction of sp³-hybridized carbons (Fsp3) is 0.312. The quantitative estimate of drug-likeness (QED) is 0.798. The number of pyridine rings is 1. The highest BCUT2D eigenvalue weighted by atomic mass is 16.2. The van der Waals surface area contributed by atoms with Crippen LogP contribution in [0.2, 0.25) is 0 Å². The lowest BCUT2D eigenvalue weighted by Gasteiger charge is -2.12. The van der Waals surface area contributed by atoms with Crippen LogP contribution >= 0.6 is 0 Å². The van der Waals surface area contributed by atoms with Gasteiger partial charge in [-0.15, -0.1) is 0 Å². The Bertz CT molecular complexity index is 810. The van der Waals surface area contributed by atoms with Crippen molar-refractivity contribution < 1.29 is 9.59 Å². The summed E-state index contributed by atoms with van der Waals surface area (Å²) in [5.41, 5.74) is 2.11. The summed E-state index contributed by atoms with van der Waals surface area (Å²) < 4.78 is 0. The summed E-state index contributed by atoms with van der Waals surface area (Å²) in [5, 5.41) is 6.37. The number of fused-ring (bicyclic) bond motifs is 1. The van der Waals surface area contributed by atoms with Gasteiger partial charge in [0.15, 0.2) is 0 Å². The average Bonchev–Trinajstić information content (AvgIpc) is 2.92. The van der Waals surface area contributed by atoms with E-state index in [0.29, 0.717) is 24.0 Å². The highest BCUT2D eigenvalue weighted by molar-refractivity contribution is 6.00. The maximum Gasteiger partial charge on any atom is 0.248 e. The molecule has 1 aromatic carbocycles. The predicted molar refractivity (Wildman–Crippen MR) is 83.7 cm³/mol. The van der Waals surface area contributed by atoms with Gasteiger partial charge < -0.3 is 15.6 Å². The van der Waals surface area contributed by atoms with Crippen LogP contribution in [0.1, 0.15) is 25.3 Å². The van der Waals surface area contributed by atoms with E-state index in [9.17, 15) is 14.4 Å². The Balaban J connectivity index is 1.87. The highest BCUT2D eigenvalue weighted by Gasteiger charge is 2.27. The van der Waals surface area contributed by atoms with E-state index in [4.69, 9.17) is 0 Å². The molecule has 22 heavy (non-hydrogen) atoms. The molecule has 1 unspecified atom stereocenters. The second kappa shape index (κ2) is 5.63. The Labute approximate surface area is 126 Å². The summed E-state index contributed by atoms with van der Waals surface area (Å²) in [5.74, 6) is -0.338. The molecule has 0 aliphatic carbocycles. The van der Waals surface area contributed by atoms with E-state index in [1.807, 2.05) is 13.0 Å². The van der Waals surface area contributed by atoms with Crippen molar-refractivity contribution in [2.75, 3.05) is 5.32 Å². The largest absolute Gasteiger partial charge is 0.344 e. The zero-order valence-corrected chi connectivity index (χ0v) is 12.2. The molecule has 0 saturated carbocycles. The molecule has 2 aromatic rings. The first-order chi connectivity index (χ1) is 10.6. The third-order valence-electron chi connectivity index (χ3n) is 3.89. The number of carbonyl (C=O) groups is 2. The first-order valence-electron chi connectivity index (χ1n) is 7.33. The van der Waals surface area contributed by atoms with E-state index in [1.54, 1.807) is 18.2 Å².